The average molecular weight is 458 g/mol. The summed E-state index contributed by atoms with van der Waals surface area (Å²) in [6, 6.07) is 12.9. The van der Waals surface area contributed by atoms with Gasteiger partial charge >= 0.3 is 0 Å². The second-order valence-corrected chi connectivity index (χ2v) is 9.94. The molecular formula is C22H27N5O4S. The summed E-state index contributed by atoms with van der Waals surface area (Å²) in [5, 5.41) is 5.47. The Balaban J connectivity index is 1.71. The van der Waals surface area contributed by atoms with E-state index >= 15 is 0 Å². The van der Waals surface area contributed by atoms with Crippen molar-refractivity contribution in [2.75, 3.05) is 18.9 Å². The zero-order valence-electron chi connectivity index (χ0n) is 18.4. The van der Waals surface area contributed by atoms with Gasteiger partial charge in [0.25, 0.3) is 0 Å². The van der Waals surface area contributed by atoms with Gasteiger partial charge in [0.1, 0.15) is 5.82 Å². The number of likely N-dealkylation sites (N-methyl/N-ethyl adjacent to an activating group) is 1. The maximum absolute atomic E-state index is 12.8. The molecule has 3 N–H and O–H groups in total. The van der Waals surface area contributed by atoms with Gasteiger partial charge in [-0.1, -0.05) is 26.0 Å². The number of carbonyl (C=O) groups is 2. The number of sulfonamides is 1. The van der Waals surface area contributed by atoms with Crippen LogP contribution in [-0.2, 0) is 19.6 Å². The summed E-state index contributed by atoms with van der Waals surface area (Å²) in [6.07, 6.45) is 0. The van der Waals surface area contributed by atoms with Gasteiger partial charge in [0.15, 0.2) is 0 Å². The Bertz CT molecular complexity index is 1190. The van der Waals surface area contributed by atoms with Crippen molar-refractivity contribution in [3.05, 3.63) is 54.4 Å². The molecule has 0 unspecified atom stereocenters. The fraction of sp³-hybridized carbons (Fsp3) is 0.318. The van der Waals surface area contributed by atoms with E-state index in [0.29, 0.717) is 11.5 Å². The van der Waals surface area contributed by atoms with Crippen LogP contribution in [0.15, 0.2) is 53.4 Å². The molecule has 170 valence electrons. The smallest absolute Gasteiger partial charge is 0.243 e. The molecule has 0 aliphatic heterocycles. The Labute approximate surface area is 187 Å². The third-order valence-corrected chi connectivity index (χ3v) is 6.75. The molecule has 32 heavy (non-hydrogen) atoms. The normalized spacial score (nSPS) is 12.8. The van der Waals surface area contributed by atoms with Crippen LogP contribution in [0.1, 0.15) is 32.6 Å². The van der Waals surface area contributed by atoms with Gasteiger partial charge in [-0.2, -0.15) is 4.31 Å². The fourth-order valence-electron chi connectivity index (χ4n) is 3.27. The monoisotopic (exact) mass is 457 g/mol. The zero-order valence-corrected chi connectivity index (χ0v) is 19.2. The van der Waals surface area contributed by atoms with E-state index in [1.165, 1.54) is 38.2 Å². The number of imidazole rings is 1. The lowest BCUT2D eigenvalue weighted by molar-refractivity contribution is -0.122. The average Bonchev–Trinajstić information content (AvgIpc) is 3.15. The molecule has 0 saturated carbocycles. The first-order valence-electron chi connectivity index (χ1n) is 10.2. The number of hydrogen-bond acceptors (Lipinski definition) is 5. The number of H-pyrrole nitrogens is 1. The summed E-state index contributed by atoms with van der Waals surface area (Å²) in [7, 11) is -2.53. The number of para-hydroxylation sites is 2. The van der Waals surface area contributed by atoms with Crippen LogP contribution in [-0.4, -0.2) is 48.1 Å². The predicted octanol–water partition coefficient (Wildman–Crippen LogP) is 2.66. The van der Waals surface area contributed by atoms with Gasteiger partial charge < -0.3 is 15.6 Å². The number of amides is 2. The van der Waals surface area contributed by atoms with Crippen molar-refractivity contribution < 1.29 is 18.0 Å². The largest absolute Gasteiger partial charge is 0.345 e. The van der Waals surface area contributed by atoms with E-state index in [2.05, 4.69) is 20.6 Å². The van der Waals surface area contributed by atoms with Crippen LogP contribution >= 0.6 is 0 Å². The zero-order chi connectivity index (χ0) is 23.5. The maximum Gasteiger partial charge on any atom is 0.243 e. The highest BCUT2D eigenvalue weighted by Crippen LogP contribution is 2.22. The number of anilines is 1. The topological polar surface area (TPSA) is 124 Å². The molecule has 0 bridgehead atoms. The molecule has 1 atom stereocenters. The highest BCUT2D eigenvalue weighted by molar-refractivity contribution is 7.89. The molecule has 2 aromatic carbocycles. The number of hydrogen-bond donors (Lipinski definition) is 3. The molecule has 0 aliphatic rings. The second kappa shape index (κ2) is 9.49. The number of rotatable bonds is 8. The van der Waals surface area contributed by atoms with Crippen molar-refractivity contribution in [3.63, 3.8) is 0 Å². The molecule has 0 saturated heterocycles. The molecule has 2 amide bonds. The molecule has 0 spiro atoms. The van der Waals surface area contributed by atoms with Crippen molar-refractivity contribution in [1.29, 1.82) is 0 Å². The minimum absolute atomic E-state index is 0.0274. The van der Waals surface area contributed by atoms with E-state index in [0.717, 1.165) is 15.3 Å². The summed E-state index contributed by atoms with van der Waals surface area (Å²) >= 11 is 0. The van der Waals surface area contributed by atoms with Gasteiger partial charge in [-0.3, -0.25) is 9.59 Å². The van der Waals surface area contributed by atoms with Gasteiger partial charge in [-0.25, -0.2) is 13.4 Å². The summed E-state index contributed by atoms with van der Waals surface area (Å²) < 4.78 is 26.7. The maximum atomic E-state index is 12.8. The summed E-state index contributed by atoms with van der Waals surface area (Å²) in [6.45, 7) is 4.93. The van der Waals surface area contributed by atoms with Gasteiger partial charge in [-0.05, 0) is 42.3 Å². The lowest BCUT2D eigenvalue weighted by atomic mass is 10.0. The highest BCUT2D eigenvalue weighted by Gasteiger charge is 2.26. The van der Waals surface area contributed by atoms with Crippen LogP contribution in [0.25, 0.3) is 11.0 Å². The SMILES string of the molecule is CC(=O)Nc1ccc(S(=O)(=O)N(C)CC(=O)N[C@H](c2nc3ccccc3[nH]2)C(C)C)cc1. The third kappa shape index (κ3) is 5.32. The van der Waals surface area contributed by atoms with Crippen LogP contribution in [0, 0.1) is 5.92 Å². The van der Waals surface area contributed by atoms with Crippen molar-refractivity contribution in [3.8, 4) is 0 Å². The number of nitrogens with one attached hydrogen (secondary N) is 3. The minimum atomic E-state index is -3.88. The number of nitrogens with zero attached hydrogens (tertiary/aromatic N) is 2. The third-order valence-electron chi connectivity index (χ3n) is 4.93. The first-order chi connectivity index (χ1) is 15.1. The first kappa shape index (κ1) is 23.4. The first-order valence-corrected chi connectivity index (χ1v) is 11.6. The van der Waals surface area contributed by atoms with Crippen molar-refractivity contribution >= 4 is 38.6 Å². The van der Waals surface area contributed by atoms with Crippen molar-refractivity contribution in [2.24, 2.45) is 5.92 Å². The Kier molecular flexibility index (Phi) is 6.95. The predicted molar refractivity (Wildman–Crippen MR) is 122 cm³/mol. The van der Waals surface area contributed by atoms with E-state index in [1.807, 2.05) is 38.1 Å². The molecule has 10 heteroatoms. The van der Waals surface area contributed by atoms with E-state index in [-0.39, 0.29) is 23.3 Å². The van der Waals surface area contributed by atoms with E-state index < -0.39 is 22.0 Å². The van der Waals surface area contributed by atoms with Crippen molar-refractivity contribution in [1.82, 2.24) is 19.6 Å². The minimum Gasteiger partial charge on any atom is -0.345 e. The molecule has 0 radical (unpaired) electrons. The van der Waals surface area contributed by atoms with Crippen LogP contribution in [0.2, 0.25) is 0 Å². The number of carbonyl (C=O) groups excluding carboxylic acids is 2. The lowest BCUT2D eigenvalue weighted by Crippen LogP contribution is -2.41. The van der Waals surface area contributed by atoms with E-state index in [9.17, 15) is 18.0 Å². The van der Waals surface area contributed by atoms with Crippen LogP contribution < -0.4 is 10.6 Å². The molecule has 3 rings (SSSR count). The van der Waals surface area contributed by atoms with Crippen molar-refractivity contribution in [2.45, 2.75) is 31.7 Å². The Morgan fingerprint density at radius 1 is 1.09 bits per heavy atom. The van der Waals surface area contributed by atoms with Crippen LogP contribution in [0.5, 0.6) is 0 Å². The second-order valence-electron chi connectivity index (χ2n) is 7.90. The van der Waals surface area contributed by atoms with E-state index in [1.54, 1.807) is 0 Å². The van der Waals surface area contributed by atoms with E-state index in [4.69, 9.17) is 0 Å². The fourth-order valence-corrected chi connectivity index (χ4v) is 4.40. The highest BCUT2D eigenvalue weighted by atomic mass is 32.2. The van der Waals surface area contributed by atoms with Gasteiger partial charge in [0, 0.05) is 19.7 Å². The van der Waals surface area contributed by atoms with Crippen LogP contribution in [0.3, 0.4) is 0 Å². The quantitative estimate of drug-likeness (QED) is 0.480. The van der Waals surface area contributed by atoms with Gasteiger partial charge in [0.05, 0.1) is 28.5 Å². The molecule has 1 heterocycles. The summed E-state index contributed by atoms with van der Waals surface area (Å²) in [5.74, 6) is -0.0416. The lowest BCUT2D eigenvalue weighted by Gasteiger charge is -2.22. The Hall–Kier alpha value is -3.24. The molecular weight excluding hydrogens is 430 g/mol. The molecule has 3 aromatic rings. The molecule has 9 nitrogen and oxygen atoms in total. The number of fused-ring (bicyclic) bond motifs is 1. The Morgan fingerprint density at radius 2 is 1.75 bits per heavy atom. The summed E-state index contributed by atoms with van der Waals surface area (Å²) in [4.78, 5) is 31.6. The summed E-state index contributed by atoms with van der Waals surface area (Å²) in [5.41, 5.74) is 2.15. The molecule has 0 aliphatic carbocycles. The van der Waals surface area contributed by atoms with Crippen LogP contribution in [0.4, 0.5) is 5.69 Å². The number of aromatic amines is 1. The van der Waals surface area contributed by atoms with Gasteiger partial charge in [-0.15, -0.1) is 0 Å². The standard InChI is InChI=1S/C22H27N5O4S/c1-14(2)21(22-24-18-7-5-6-8-19(18)25-22)26-20(29)13-27(4)32(30,31)17-11-9-16(10-12-17)23-15(3)28/h5-12,14,21H,13H2,1-4H3,(H,23,28)(H,24,25)(H,26,29)/t21-/m0/s1. The Morgan fingerprint density at radius 3 is 2.34 bits per heavy atom. The number of benzene rings is 2. The molecule has 0 fully saturated rings. The van der Waals surface area contributed by atoms with Gasteiger partial charge in [0.2, 0.25) is 21.8 Å². The molecule has 1 aromatic heterocycles. The number of aromatic nitrogens is 2.